The van der Waals surface area contributed by atoms with Gasteiger partial charge in [-0.3, -0.25) is 0 Å². The van der Waals surface area contributed by atoms with Crippen LogP contribution in [-0.2, 0) is 6.42 Å². The van der Waals surface area contributed by atoms with Crippen molar-refractivity contribution in [3.63, 3.8) is 0 Å². The SMILES string of the molecule is Cc1ccc2[nH]c(C[C@H]3CC[C@H](c4ccccc4)CC3)nc2c1. The van der Waals surface area contributed by atoms with Gasteiger partial charge in [-0.1, -0.05) is 36.4 Å². The minimum Gasteiger partial charge on any atom is -0.342 e. The predicted octanol–water partition coefficient (Wildman–Crippen LogP) is 5.39. The lowest BCUT2D eigenvalue weighted by atomic mass is 9.77. The van der Waals surface area contributed by atoms with Crippen molar-refractivity contribution in [1.82, 2.24) is 9.97 Å². The van der Waals surface area contributed by atoms with E-state index in [1.165, 1.54) is 42.3 Å². The van der Waals surface area contributed by atoms with Crippen LogP contribution in [0.3, 0.4) is 0 Å². The van der Waals surface area contributed by atoms with Gasteiger partial charge in [0.2, 0.25) is 0 Å². The lowest BCUT2D eigenvalue weighted by Crippen LogP contribution is -2.15. The molecule has 0 bridgehead atoms. The van der Waals surface area contributed by atoms with E-state index < -0.39 is 0 Å². The number of rotatable bonds is 3. The molecule has 3 aromatic rings. The van der Waals surface area contributed by atoms with Crippen LogP contribution >= 0.6 is 0 Å². The van der Waals surface area contributed by atoms with E-state index in [9.17, 15) is 0 Å². The molecule has 4 rings (SSSR count). The van der Waals surface area contributed by atoms with E-state index in [-0.39, 0.29) is 0 Å². The fraction of sp³-hybridized carbons (Fsp3) is 0.381. The monoisotopic (exact) mass is 304 g/mol. The Labute approximate surface area is 138 Å². The minimum atomic E-state index is 0.755. The van der Waals surface area contributed by atoms with E-state index in [4.69, 9.17) is 4.98 Å². The molecule has 2 nitrogen and oxygen atoms in total. The van der Waals surface area contributed by atoms with Gasteiger partial charge in [0, 0.05) is 6.42 Å². The highest BCUT2D eigenvalue weighted by atomic mass is 14.9. The molecule has 1 N–H and O–H groups in total. The lowest BCUT2D eigenvalue weighted by Gasteiger charge is -2.28. The second kappa shape index (κ2) is 6.19. The number of aromatic amines is 1. The van der Waals surface area contributed by atoms with Gasteiger partial charge in [0.05, 0.1) is 11.0 Å². The third-order valence-corrected chi connectivity index (χ3v) is 5.29. The smallest absolute Gasteiger partial charge is 0.107 e. The molecule has 1 aliphatic rings. The molecule has 2 aromatic carbocycles. The summed E-state index contributed by atoms with van der Waals surface area (Å²) >= 11 is 0. The highest BCUT2D eigenvalue weighted by Crippen LogP contribution is 2.36. The Bertz CT molecular complexity index is 780. The van der Waals surface area contributed by atoms with Crippen LogP contribution in [0.2, 0.25) is 0 Å². The van der Waals surface area contributed by atoms with Crippen LogP contribution in [-0.4, -0.2) is 9.97 Å². The molecule has 0 radical (unpaired) electrons. The number of fused-ring (bicyclic) bond motifs is 1. The zero-order chi connectivity index (χ0) is 15.6. The number of benzene rings is 2. The topological polar surface area (TPSA) is 28.7 Å². The predicted molar refractivity (Wildman–Crippen MR) is 95.7 cm³/mol. The molecule has 1 fully saturated rings. The normalized spacial score (nSPS) is 21.6. The fourth-order valence-corrected chi connectivity index (χ4v) is 3.96. The van der Waals surface area contributed by atoms with Crippen molar-refractivity contribution in [3.8, 4) is 0 Å². The highest BCUT2D eigenvalue weighted by molar-refractivity contribution is 5.75. The molecule has 118 valence electrons. The van der Waals surface area contributed by atoms with Crippen molar-refractivity contribution in [1.29, 1.82) is 0 Å². The maximum Gasteiger partial charge on any atom is 0.107 e. The van der Waals surface area contributed by atoms with Gasteiger partial charge in [-0.15, -0.1) is 0 Å². The van der Waals surface area contributed by atoms with Crippen molar-refractivity contribution in [3.05, 3.63) is 65.5 Å². The summed E-state index contributed by atoms with van der Waals surface area (Å²) in [6.07, 6.45) is 6.35. The van der Waals surface area contributed by atoms with Gasteiger partial charge in [0.15, 0.2) is 0 Å². The largest absolute Gasteiger partial charge is 0.342 e. The Morgan fingerprint density at radius 3 is 2.57 bits per heavy atom. The molecule has 1 saturated carbocycles. The van der Waals surface area contributed by atoms with Gasteiger partial charge in [0.25, 0.3) is 0 Å². The number of nitrogens with one attached hydrogen (secondary N) is 1. The van der Waals surface area contributed by atoms with Crippen LogP contribution in [0.4, 0.5) is 0 Å². The van der Waals surface area contributed by atoms with Crippen molar-refractivity contribution >= 4 is 11.0 Å². The van der Waals surface area contributed by atoms with E-state index >= 15 is 0 Å². The Morgan fingerprint density at radius 1 is 1.00 bits per heavy atom. The Kier molecular flexibility index (Phi) is 3.90. The Morgan fingerprint density at radius 2 is 1.78 bits per heavy atom. The van der Waals surface area contributed by atoms with Crippen LogP contribution in [0.1, 0.15) is 48.6 Å². The van der Waals surface area contributed by atoms with Gasteiger partial charge in [-0.2, -0.15) is 0 Å². The molecule has 23 heavy (non-hydrogen) atoms. The van der Waals surface area contributed by atoms with E-state index in [1.807, 2.05) is 0 Å². The van der Waals surface area contributed by atoms with E-state index in [2.05, 4.69) is 60.4 Å². The van der Waals surface area contributed by atoms with Crippen molar-refractivity contribution < 1.29 is 0 Å². The summed E-state index contributed by atoms with van der Waals surface area (Å²) in [6, 6.07) is 17.5. The molecule has 1 aromatic heterocycles. The molecule has 0 aliphatic heterocycles. The number of H-pyrrole nitrogens is 1. The molecular weight excluding hydrogens is 280 g/mol. The number of aryl methyl sites for hydroxylation is 1. The second-order valence-corrected chi connectivity index (χ2v) is 7.04. The summed E-state index contributed by atoms with van der Waals surface area (Å²) in [5, 5.41) is 0. The quantitative estimate of drug-likeness (QED) is 0.690. The summed E-state index contributed by atoms with van der Waals surface area (Å²) in [6.45, 7) is 2.12. The molecule has 0 atom stereocenters. The van der Waals surface area contributed by atoms with Gasteiger partial charge in [-0.25, -0.2) is 4.98 Å². The standard InChI is InChI=1S/C21H24N2/c1-15-7-12-19-20(13-15)23-21(22-19)14-16-8-10-18(11-9-16)17-5-3-2-4-6-17/h2-7,12-13,16,18H,8-11,14H2,1H3,(H,22,23)/t16-,18-. The summed E-state index contributed by atoms with van der Waals surface area (Å²) in [4.78, 5) is 8.29. The first-order valence-electron chi connectivity index (χ1n) is 8.78. The molecule has 0 spiro atoms. The van der Waals surface area contributed by atoms with Gasteiger partial charge in [-0.05, 0) is 67.7 Å². The average Bonchev–Trinajstić information content (AvgIpc) is 2.97. The molecular formula is C21H24N2. The third-order valence-electron chi connectivity index (χ3n) is 5.29. The van der Waals surface area contributed by atoms with Gasteiger partial charge < -0.3 is 4.98 Å². The van der Waals surface area contributed by atoms with Crippen molar-refractivity contribution in [2.75, 3.05) is 0 Å². The minimum absolute atomic E-state index is 0.755. The first kappa shape index (κ1) is 14.5. The number of hydrogen-bond acceptors (Lipinski definition) is 1. The van der Waals surface area contributed by atoms with Crippen molar-refractivity contribution in [2.45, 2.75) is 44.9 Å². The first-order chi connectivity index (χ1) is 11.3. The summed E-state index contributed by atoms with van der Waals surface area (Å²) < 4.78 is 0. The Hall–Kier alpha value is -2.09. The molecule has 1 heterocycles. The number of nitrogens with zero attached hydrogens (tertiary/aromatic N) is 1. The maximum atomic E-state index is 4.79. The van der Waals surface area contributed by atoms with Gasteiger partial charge in [0.1, 0.15) is 5.82 Å². The van der Waals surface area contributed by atoms with Crippen molar-refractivity contribution in [2.24, 2.45) is 5.92 Å². The van der Waals surface area contributed by atoms with E-state index in [0.717, 1.165) is 29.6 Å². The van der Waals surface area contributed by atoms with Crippen LogP contribution in [0.15, 0.2) is 48.5 Å². The Balaban J connectivity index is 1.40. The molecule has 1 aliphatic carbocycles. The molecule has 2 heteroatoms. The zero-order valence-electron chi connectivity index (χ0n) is 13.8. The van der Waals surface area contributed by atoms with Crippen LogP contribution in [0.25, 0.3) is 11.0 Å². The van der Waals surface area contributed by atoms with Crippen LogP contribution in [0, 0.1) is 12.8 Å². The fourth-order valence-electron chi connectivity index (χ4n) is 3.96. The maximum absolute atomic E-state index is 4.79. The molecule has 0 unspecified atom stereocenters. The zero-order valence-corrected chi connectivity index (χ0v) is 13.8. The first-order valence-corrected chi connectivity index (χ1v) is 8.78. The van der Waals surface area contributed by atoms with Crippen LogP contribution < -0.4 is 0 Å². The summed E-state index contributed by atoms with van der Waals surface area (Å²) in [5.74, 6) is 2.69. The van der Waals surface area contributed by atoms with E-state index in [0.29, 0.717) is 0 Å². The molecule has 0 amide bonds. The third kappa shape index (κ3) is 3.17. The van der Waals surface area contributed by atoms with E-state index in [1.54, 1.807) is 0 Å². The average molecular weight is 304 g/mol. The highest BCUT2D eigenvalue weighted by Gasteiger charge is 2.23. The summed E-state index contributed by atoms with van der Waals surface area (Å²) in [5.41, 5.74) is 5.07. The number of hydrogen-bond donors (Lipinski definition) is 1. The van der Waals surface area contributed by atoms with Gasteiger partial charge >= 0.3 is 0 Å². The number of imidazole rings is 1. The second-order valence-electron chi connectivity index (χ2n) is 7.04. The molecule has 0 saturated heterocycles. The summed E-state index contributed by atoms with van der Waals surface area (Å²) in [7, 11) is 0. The van der Waals surface area contributed by atoms with Crippen LogP contribution in [0.5, 0.6) is 0 Å². The lowest BCUT2D eigenvalue weighted by molar-refractivity contribution is 0.321. The number of aromatic nitrogens is 2.